The van der Waals surface area contributed by atoms with Gasteiger partial charge in [0.1, 0.15) is 13.2 Å². The van der Waals surface area contributed by atoms with Crippen LogP contribution in [-0.4, -0.2) is 78.5 Å². The van der Waals surface area contributed by atoms with Crippen molar-refractivity contribution in [2.45, 2.75) is 43.0 Å². The van der Waals surface area contributed by atoms with Gasteiger partial charge in [-0.3, -0.25) is 15.4 Å². The molecule has 2 aromatic carbocycles. The van der Waals surface area contributed by atoms with Crippen LogP contribution in [0.4, 0.5) is 31.4 Å². The van der Waals surface area contributed by atoms with E-state index in [1.54, 1.807) is 24.3 Å². The van der Waals surface area contributed by atoms with E-state index in [2.05, 4.69) is 45.1 Å². The second-order valence-electron chi connectivity index (χ2n) is 11.1. The summed E-state index contributed by atoms with van der Waals surface area (Å²) in [4.78, 5) is 53.2. The van der Waals surface area contributed by atoms with Crippen LogP contribution in [0.3, 0.4) is 0 Å². The molecule has 5 amide bonds. The Kier molecular flexibility index (Phi) is 11.4. The number of unbranched alkanes of at least 4 members (excludes halogenated alkanes) is 1. The van der Waals surface area contributed by atoms with Gasteiger partial charge in [-0.1, -0.05) is 31.7 Å². The zero-order valence-corrected chi connectivity index (χ0v) is 26.8. The lowest BCUT2D eigenvalue weighted by Gasteiger charge is -2.16. The molecule has 3 aromatic rings. The minimum absolute atomic E-state index is 0.0119. The van der Waals surface area contributed by atoms with E-state index in [4.69, 9.17) is 14.5 Å². The third kappa shape index (κ3) is 8.85. The fourth-order valence-corrected chi connectivity index (χ4v) is 7.16. The molecule has 13 nitrogen and oxygen atoms in total. The topological polar surface area (TPSA) is 172 Å². The number of hydrogen-bond acceptors (Lipinski definition) is 9. The van der Waals surface area contributed by atoms with Crippen molar-refractivity contribution in [2.24, 2.45) is 0 Å². The largest absolute Gasteiger partial charge is 0.445 e. The van der Waals surface area contributed by atoms with E-state index in [-0.39, 0.29) is 37.2 Å². The minimum atomic E-state index is -0.616. The lowest BCUT2D eigenvalue weighted by Crippen LogP contribution is -2.36. The Morgan fingerprint density at radius 1 is 0.915 bits per heavy atom. The zero-order valence-electron chi connectivity index (χ0n) is 25.9. The van der Waals surface area contributed by atoms with Crippen LogP contribution in [0.5, 0.6) is 0 Å². The normalized spacial score (nSPS) is 18.0. The molecule has 2 unspecified atom stereocenters. The van der Waals surface area contributed by atoms with Crippen molar-refractivity contribution in [1.82, 2.24) is 20.9 Å². The van der Waals surface area contributed by atoms with Crippen LogP contribution in [0.25, 0.3) is 21.8 Å². The molecule has 0 bridgehead atoms. The van der Waals surface area contributed by atoms with Gasteiger partial charge in [-0.25, -0.2) is 19.4 Å². The zero-order chi connectivity index (χ0) is 33.2. The van der Waals surface area contributed by atoms with E-state index in [1.807, 2.05) is 23.9 Å². The van der Waals surface area contributed by atoms with Gasteiger partial charge in [0.25, 0.3) is 0 Å². The predicted molar refractivity (Wildman–Crippen MR) is 185 cm³/mol. The summed E-state index contributed by atoms with van der Waals surface area (Å²) >= 11 is 1.88. The third-order valence-corrected chi connectivity index (χ3v) is 9.27. The molecule has 1 aromatic heterocycles. The van der Waals surface area contributed by atoms with Gasteiger partial charge in [-0.15, -0.1) is 0 Å². The Hall–Kier alpha value is -4.98. The van der Waals surface area contributed by atoms with Gasteiger partial charge in [-0.2, -0.15) is 11.8 Å². The number of aromatic nitrogens is 1. The maximum atomic E-state index is 12.6. The van der Waals surface area contributed by atoms with E-state index in [0.717, 1.165) is 41.5 Å². The fraction of sp³-hybridized carbons (Fsp3) is 0.364. The van der Waals surface area contributed by atoms with Crippen LogP contribution in [0.2, 0.25) is 0 Å². The number of carbonyl (C=O) groups excluding carboxylic acids is 4. The standard InChI is InChI=1S/C33H39N7O6S/c1-3-15-45-32(43)36-20-9-11-22-24(17-20)38-25-18-21(37-33(44)46-16-4-2)10-12-23(25)29(22)35-14-13-34-28(41)8-6-5-7-27-30-26(19-47-27)39-31(42)40-30/h3-4,9-12,17-18,26-27,30H,1-2,5-8,13-16,19H2,(H,34,41)(H,35,38)(H,36,43)(H,37,44)(H2,39,40,42)/t26?,27-,30?/m0/s1. The molecule has 14 heteroatoms. The predicted octanol–water partition coefficient (Wildman–Crippen LogP) is 5.11. The number of amides is 5. The van der Waals surface area contributed by atoms with Crippen molar-refractivity contribution in [3.05, 3.63) is 61.7 Å². The van der Waals surface area contributed by atoms with Crippen molar-refractivity contribution in [2.75, 3.05) is 48.0 Å². The fourth-order valence-electron chi connectivity index (χ4n) is 5.62. The number of hydrogen-bond donors (Lipinski definition) is 6. The summed E-state index contributed by atoms with van der Waals surface area (Å²) in [6, 6.07) is 11.0. The van der Waals surface area contributed by atoms with Crippen LogP contribution in [-0.2, 0) is 14.3 Å². The van der Waals surface area contributed by atoms with Crippen LogP contribution < -0.4 is 31.9 Å². The van der Waals surface area contributed by atoms with Crippen LogP contribution in [0, 0.1) is 0 Å². The summed E-state index contributed by atoms with van der Waals surface area (Å²) in [7, 11) is 0. The number of nitrogens with one attached hydrogen (secondary N) is 6. The molecular weight excluding hydrogens is 622 g/mol. The van der Waals surface area contributed by atoms with Gasteiger partial charge in [0, 0.05) is 52.7 Å². The van der Waals surface area contributed by atoms with E-state index in [9.17, 15) is 19.2 Å². The number of nitrogens with zero attached hydrogens (tertiary/aromatic N) is 1. The summed E-state index contributed by atoms with van der Waals surface area (Å²) in [5.74, 6) is 0.914. The monoisotopic (exact) mass is 661 g/mol. The number of anilines is 3. The lowest BCUT2D eigenvalue weighted by atomic mass is 10.0. The number of benzene rings is 2. The summed E-state index contributed by atoms with van der Waals surface area (Å²) < 4.78 is 10.1. The number of urea groups is 1. The van der Waals surface area contributed by atoms with E-state index < -0.39 is 12.2 Å². The van der Waals surface area contributed by atoms with Gasteiger partial charge in [0.2, 0.25) is 5.91 Å². The highest BCUT2D eigenvalue weighted by molar-refractivity contribution is 8.00. The minimum Gasteiger partial charge on any atom is -0.445 e. The molecule has 2 aliphatic rings. The Bertz CT molecular complexity index is 1580. The summed E-state index contributed by atoms with van der Waals surface area (Å²) in [6.07, 6.45) is 4.83. The van der Waals surface area contributed by atoms with Crippen molar-refractivity contribution >= 4 is 74.8 Å². The molecule has 248 valence electrons. The number of ether oxygens (including phenoxy) is 2. The highest BCUT2D eigenvalue weighted by Crippen LogP contribution is 2.34. The van der Waals surface area contributed by atoms with Crippen molar-refractivity contribution in [3.8, 4) is 0 Å². The van der Waals surface area contributed by atoms with Gasteiger partial charge in [0.05, 0.1) is 28.8 Å². The van der Waals surface area contributed by atoms with E-state index >= 15 is 0 Å². The van der Waals surface area contributed by atoms with Gasteiger partial charge in [0.15, 0.2) is 0 Å². The number of fused-ring (bicyclic) bond motifs is 3. The molecular formula is C33H39N7O6S. The van der Waals surface area contributed by atoms with E-state index in [0.29, 0.717) is 47.2 Å². The molecule has 0 saturated carbocycles. The first-order chi connectivity index (χ1) is 22.8. The highest BCUT2D eigenvalue weighted by Gasteiger charge is 2.42. The van der Waals surface area contributed by atoms with E-state index in [1.165, 1.54) is 12.2 Å². The Balaban J connectivity index is 1.20. The quantitative estimate of drug-likeness (QED) is 0.0560. The molecule has 0 spiro atoms. The van der Waals surface area contributed by atoms with Gasteiger partial charge >= 0.3 is 18.2 Å². The SMILES string of the molecule is C=CCOC(=O)Nc1ccc2c(NCCNC(=O)CCCC[C@@H]3SCC4NC(=O)NC43)c3ccc(NC(=O)OCC=C)cc3nc2c1. The number of thioether (sulfide) groups is 1. The van der Waals surface area contributed by atoms with Crippen LogP contribution in [0.1, 0.15) is 25.7 Å². The highest BCUT2D eigenvalue weighted by atomic mass is 32.2. The maximum absolute atomic E-state index is 12.6. The molecule has 0 radical (unpaired) electrons. The molecule has 3 atom stereocenters. The lowest BCUT2D eigenvalue weighted by molar-refractivity contribution is -0.121. The average molecular weight is 662 g/mol. The first-order valence-corrected chi connectivity index (χ1v) is 16.6. The number of carbonyl (C=O) groups is 4. The smallest absolute Gasteiger partial charge is 0.411 e. The summed E-state index contributed by atoms with van der Waals surface area (Å²) in [5.41, 5.74) is 2.97. The second-order valence-corrected chi connectivity index (χ2v) is 12.4. The third-order valence-electron chi connectivity index (χ3n) is 7.76. The first-order valence-electron chi connectivity index (χ1n) is 15.5. The Morgan fingerprint density at radius 3 is 2.17 bits per heavy atom. The molecule has 47 heavy (non-hydrogen) atoms. The van der Waals surface area contributed by atoms with Crippen LogP contribution >= 0.6 is 11.8 Å². The number of rotatable bonds is 15. The molecule has 6 N–H and O–H groups in total. The van der Waals surface area contributed by atoms with Crippen molar-refractivity contribution in [1.29, 1.82) is 0 Å². The number of pyridine rings is 1. The molecule has 3 heterocycles. The molecule has 2 saturated heterocycles. The maximum Gasteiger partial charge on any atom is 0.411 e. The Morgan fingerprint density at radius 2 is 1.55 bits per heavy atom. The molecule has 0 aliphatic carbocycles. The molecule has 2 aliphatic heterocycles. The van der Waals surface area contributed by atoms with Crippen molar-refractivity contribution < 1.29 is 28.7 Å². The summed E-state index contributed by atoms with van der Waals surface area (Å²) in [5, 5.41) is 19.8. The second kappa shape index (κ2) is 16.0. The first kappa shape index (κ1) is 33.4. The van der Waals surface area contributed by atoms with Crippen molar-refractivity contribution in [3.63, 3.8) is 0 Å². The average Bonchev–Trinajstić information content (AvgIpc) is 3.61. The van der Waals surface area contributed by atoms with Gasteiger partial charge < -0.3 is 30.7 Å². The molecule has 2 fully saturated rings. The van der Waals surface area contributed by atoms with Crippen LogP contribution in [0.15, 0.2) is 61.7 Å². The summed E-state index contributed by atoms with van der Waals surface area (Å²) in [6.45, 7) is 8.11. The Labute approximate surface area is 276 Å². The molecule has 5 rings (SSSR count). The van der Waals surface area contributed by atoms with Gasteiger partial charge in [-0.05, 0) is 49.2 Å².